The van der Waals surface area contributed by atoms with Crippen LogP contribution in [0.5, 0.6) is 0 Å². The summed E-state index contributed by atoms with van der Waals surface area (Å²) in [4.78, 5) is 12.3. The van der Waals surface area contributed by atoms with Crippen molar-refractivity contribution < 1.29 is 4.39 Å². The molecule has 6 nitrogen and oxygen atoms in total. The lowest BCUT2D eigenvalue weighted by molar-refractivity contribution is 0.631. The number of allylic oxidation sites excluding steroid dienone is 5. The van der Waals surface area contributed by atoms with Crippen LogP contribution in [0.1, 0.15) is 26.3 Å². The summed E-state index contributed by atoms with van der Waals surface area (Å²) in [5.74, 6) is 0.00647. The molecular weight excluding hydrogens is 475 g/mol. The minimum Gasteiger partial charge on any atom is -0.359 e. The maximum atomic E-state index is 14.6. The van der Waals surface area contributed by atoms with Crippen molar-refractivity contribution in [1.29, 1.82) is 0 Å². The van der Waals surface area contributed by atoms with Crippen LogP contribution < -0.4 is 5.32 Å². The Hall–Kier alpha value is -4.78. The van der Waals surface area contributed by atoms with Crippen LogP contribution in [0.15, 0.2) is 97.8 Å². The van der Waals surface area contributed by atoms with Crippen molar-refractivity contribution in [2.45, 2.75) is 20.8 Å². The maximum absolute atomic E-state index is 14.6. The zero-order valence-electron chi connectivity index (χ0n) is 21.6. The van der Waals surface area contributed by atoms with Gasteiger partial charge < -0.3 is 10.3 Å². The Labute approximate surface area is 220 Å². The second kappa shape index (κ2) is 10.3. The van der Waals surface area contributed by atoms with E-state index in [9.17, 15) is 4.39 Å². The van der Waals surface area contributed by atoms with E-state index >= 15 is 0 Å². The number of aromatic amines is 2. The van der Waals surface area contributed by atoms with Gasteiger partial charge in [-0.25, -0.2) is 9.37 Å². The number of benzene rings is 1. The molecule has 0 atom stereocenters. The van der Waals surface area contributed by atoms with E-state index in [0.717, 1.165) is 55.8 Å². The fraction of sp³-hybridized carbons (Fsp3) is 0.129. The van der Waals surface area contributed by atoms with E-state index in [4.69, 9.17) is 0 Å². The molecule has 0 radical (unpaired) electrons. The van der Waals surface area contributed by atoms with E-state index in [1.165, 1.54) is 6.07 Å². The van der Waals surface area contributed by atoms with Crippen molar-refractivity contribution in [3.63, 3.8) is 0 Å². The monoisotopic (exact) mass is 504 g/mol. The Kier molecular flexibility index (Phi) is 6.75. The largest absolute Gasteiger partial charge is 0.359 e. The standard InChI is InChI=1S/C31H29FN6/c1-6-20(12-22(7-2)35-19(5)18(3)4)21-13-25-30(37-38-31(25)34-15-21)28-14-24-26(16-33-17-29(24)36-28)23-10-8-9-11-27(23)32/h6-18,35-36H,2,5H2,1,3-4H3,(H,34,37,38)/b20-6+,22-12+. The van der Waals surface area contributed by atoms with Crippen LogP contribution in [-0.2, 0) is 0 Å². The van der Waals surface area contributed by atoms with Gasteiger partial charge in [0, 0.05) is 51.3 Å². The molecule has 0 unspecified atom stereocenters. The van der Waals surface area contributed by atoms with E-state index in [1.54, 1.807) is 30.6 Å². The van der Waals surface area contributed by atoms with Gasteiger partial charge in [-0.2, -0.15) is 5.10 Å². The fourth-order valence-electron chi connectivity index (χ4n) is 4.32. The number of hydrogen-bond donors (Lipinski definition) is 3. The van der Waals surface area contributed by atoms with Gasteiger partial charge in [-0.1, -0.05) is 51.3 Å². The fourth-order valence-corrected chi connectivity index (χ4v) is 4.32. The highest BCUT2D eigenvalue weighted by atomic mass is 19.1. The molecule has 190 valence electrons. The first-order chi connectivity index (χ1) is 18.4. The normalized spacial score (nSPS) is 12.4. The number of nitrogens with one attached hydrogen (secondary N) is 3. The van der Waals surface area contributed by atoms with Crippen LogP contribution in [0, 0.1) is 11.7 Å². The van der Waals surface area contributed by atoms with Crippen molar-refractivity contribution in [2.75, 3.05) is 0 Å². The van der Waals surface area contributed by atoms with Crippen molar-refractivity contribution in [1.82, 2.24) is 30.5 Å². The highest BCUT2D eigenvalue weighted by molar-refractivity contribution is 6.00. The summed E-state index contributed by atoms with van der Waals surface area (Å²) in [6, 6.07) is 10.8. The summed E-state index contributed by atoms with van der Waals surface area (Å²) >= 11 is 0. The van der Waals surface area contributed by atoms with Gasteiger partial charge in [0.15, 0.2) is 5.65 Å². The van der Waals surface area contributed by atoms with Gasteiger partial charge in [0.1, 0.15) is 5.82 Å². The number of H-pyrrole nitrogens is 2. The number of fused-ring (bicyclic) bond motifs is 2. The van der Waals surface area contributed by atoms with Gasteiger partial charge in [-0.05, 0) is 48.8 Å². The summed E-state index contributed by atoms with van der Waals surface area (Å²) in [6.07, 6.45) is 11.1. The number of aromatic nitrogens is 5. The summed E-state index contributed by atoms with van der Waals surface area (Å²) in [5.41, 5.74) is 7.92. The molecule has 0 bridgehead atoms. The van der Waals surface area contributed by atoms with Gasteiger partial charge in [-0.3, -0.25) is 10.1 Å². The van der Waals surface area contributed by atoms with Gasteiger partial charge >= 0.3 is 0 Å². The second-order valence-electron chi connectivity index (χ2n) is 9.36. The molecule has 5 aromatic rings. The predicted octanol–water partition coefficient (Wildman–Crippen LogP) is 7.54. The molecule has 4 aromatic heterocycles. The van der Waals surface area contributed by atoms with Crippen molar-refractivity contribution >= 4 is 27.5 Å². The van der Waals surface area contributed by atoms with Crippen molar-refractivity contribution in [3.05, 3.63) is 109 Å². The smallest absolute Gasteiger partial charge is 0.181 e. The third-order valence-corrected chi connectivity index (χ3v) is 6.57. The molecule has 0 aliphatic carbocycles. The van der Waals surface area contributed by atoms with Crippen LogP contribution in [-0.4, -0.2) is 25.1 Å². The first-order valence-corrected chi connectivity index (χ1v) is 12.4. The molecular formula is C31H29FN6. The van der Waals surface area contributed by atoms with Gasteiger partial charge in [0.05, 0.1) is 23.1 Å². The Balaban J connectivity index is 1.57. The van der Waals surface area contributed by atoms with Crippen LogP contribution in [0.25, 0.3) is 50.0 Å². The zero-order valence-corrected chi connectivity index (χ0v) is 21.6. The van der Waals surface area contributed by atoms with Gasteiger partial charge in [0.2, 0.25) is 0 Å². The van der Waals surface area contributed by atoms with E-state index in [-0.39, 0.29) is 5.82 Å². The Morgan fingerprint density at radius 2 is 1.89 bits per heavy atom. The van der Waals surface area contributed by atoms with Crippen LogP contribution in [0.2, 0.25) is 0 Å². The molecule has 3 N–H and O–H groups in total. The number of pyridine rings is 2. The second-order valence-corrected chi connectivity index (χ2v) is 9.36. The molecule has 0 amide bonds. The molecule has 7 heteroatoms. The highest BCUT2D eigenvalue weighted by Gasteiger charge is 2.16. The van der Waals surface area contributed by atoms with E-state index in [2.05, 4.69) is 63.5 Å². The quantitative estimate of drug-likeness (QED) is 0.191. The lowest BCUT2D eigenvalue weighted by Gasteiger charge is -2.14. The minimum absolute atomic E-state index is 0.289. The number of rotatable bonds is 8. The lowest BCUT2D eigenvalue weighted by Crippen LogP contribution is -2.14. The van der Waals surface area contributed by atoms with E-state index in [1.807, 2.05) is 37.4 Å². The molecule has 0 spiro atoms. The molecule has 0 saturated heterocycles. The molecule has 0 saturated carbocycles. The number of nitrogens with zero attached hydrogens (tertiary/aromatic N) is 3. The Morgan fingerprint density at radius 1 is 1.08 bits per heavy atom. The summed E-state index contributed by atoms with van der Waals surface area (Å²) < 4.78 is 14.6. The summed E-state index contributed by atoms with van der Waals surface area (Å²) in [7, 11) is 0. The third kappa shape index (κ3) is 4.66. The van der Waals surface area contributed by atoms with E-state index in [0.29, 0.717) is 17.1 Å². The molecule has 0 aliphatic rings. The third-order valence-electron chi connectivity index (χ3n) is 6.57. The van der Waals surface area contributed by atoms with Gasteiger partial charge in [0.25, 0.3) is 0 Å². The molecule has 38 heavy (non-hydrogen) atoms. The maximum Gasteiger partial charge on any atom is 0.181 e. The lowest BCUT2D eigenvalue weighted by atomic mass is 10.0. The first kappa shape index (κ1) is 24.9. The average molecular weight is 505 g/mol. The van der Waals surface area contributed by atoms with E-state index < -0.39 is 0 Å². The molecule has 1 aromatic carbocycles. The van der Waals surface area contributed by atoms with Crippen LogP contribution in [0.4, 0.5) is 4.39 Å². The number of halogens is 1. The summed E-state index contributed by atoms with van der Waals surface area (Å²) in [6.45, 7) is 14.2. The number of hydrogen-bond acceptors (Lipinski definition) is 4. The molecule has 4 heterocycles. The Bertz CT molecular complexity index is 1730. The molecule has 5 rings (SSSR count). The zero-order chi connectivity index (χ0) is 26.8. The summed E-state index contributed by atoms with van der Waals surface area (Å²) in [5, 5.41) is 12.6. The molecule has 0 aliphatic heterocycles. The molecule has 0 fully saturated rings. The average Bonchev–Trinajstić information content (AvgIpc) is 3.54. The van der Waals surface area contributed by atoms with Crippen molar-refractivity contribution in [3.8, 4) is 22.5 Å². The first-order valence-electron chi connectivity index (χ1n) is 12.4. The van der Waals surface area contributed by atoms with Gasteiger partial charge in [-0.15, -0.1) is 0 Å². The Morgan fingerprint density at radius 3 is 2.63 bits per heavy atom. The topological polar surface area (TPSA) is 82.3 Å². The SMILES string of the molecule is C=C/C(=C\C(=C/C)c1cnc2n[nH]c(-c3cc4c(-c5ccccc5F)cncc4[nH]3)c2c1)NC(=C)C(C)C. The van der Waals surface area contributed by atoms with Crippen LogP contribution >= 0.6 is 0 Å². The minimum atomic E-state index is -0.289. The van der Waals surface area contributed by atoms with Crippen LogP contribution in [0.3, 0.4) is 0 Å². The van der Waals surface area contributed by atoms with Crippen molar-refractivity contribution in [2.24, 2.45) is 5.92 Å². The predicted molar refractivity (Wildman–Crippen MR) is 153 cm³/mol. The highest BCUT2D eigenvalue weighted by Crippen LogP contribution is 2.34.